The summed E-state index contributed by atoms with van der Waals surface area (Å²) in [6, 6.07) is 12.1. The quantitative estimate of drug-likeness (QED) is 0.627. The molecule has 0 aliphatic heterocycles. The van der Waals surface area contributed by atoms with E-state index >= 15 is 0 Å². The molecular formula is C24H30N4O. The Morgan fingerprint density at radius 3 is 2.07 bits per heavy atom. The molecule has 0 aliphatic rings. The van der Waals surface area contributed by atoms with Crippen molar-refractivity contribution < 1.29 is 4.79 Å². The van der Waals surface area contributed by atoms with Gasteiger partial charge in [-0.3, -0.25) is 4.79 Å². The van der Waals surface area contributed by atoms with Crippen molar-refractivity contribution in [1.29, 1.82) is 0 Å². The van der Waals surface area contributed by atoms with Crippen molar-refractivity contribution in [3.63, 3.8) is 0 Å². The summed E-state index contributed by atoms with van der Waals surface area (Å²) in [5, 5.41) is 0. The van der Waals surface area contributed by atoms with Crippen LogP contribution in [-0.4, -0.2) is 16.3 Å². The molecule has 0 bridgehead atoms. The van der Waals surface area contributed by atoms with E-state index in [0.717, 1.165) is 36.7 Å². The lowest BCUT2D eigenvalue weighted by Gasteiger charge is -2.11. The fraction of sp³-hybridized carbons (Fsp3) is 0.292. The summed E-state index contributed by atoms with van der Waals surface area (Å²) in [6.07, 6.45) is 5.32. The standard InChI is InChI=1S/C14H18N4.C10H12O/c1-3-12-9(2)5-4-6-10(12)7-11-8-17-14(16)18-13(11)15;1-3-10-8(2)5-4-6-9(10)7-11/h4-6,8H,3,7H2,1-2H3,(H4,15,16,17,18);4-7H,3H2,1-2H3. The van der Waals surface area contributed by atoms with Gasteiger partial charge >= 0.3 is 0 Å². The second kappa shape index (κ2) is 10.4. The molecule has 2 aromatic carbocycles. The molecule has 0 aliphatic carbocycles. The van der Waals surface area contributed by atoms with Crippen molar-refractivity contribution in [3.05, 3.63) is 81.5 Å². The van der Waals surface area contributed by atoms with Crippen molar-refractivity contribution in [3.8, 4) is 0 Å². The number of nitrogens with two attached hydrogens (primary N) is 2. The molecule has 0 unspecified atom stereocenters. The molecule has 5 nitrogen and oxygen atoms in total. The normalized spacial score (nSPS) is 10.2. The molecule has 5 heteroatoms. The van der Waals surface area contributed by atoms with Crippen LogP contribution in [0, 0.1) is 13.8 Å². The van der Waals surface area contributed by atoms with Gasteiger partial charge in [0.15, 0.2) is 0 Å². The first-order chi connectivity index (χ1) is 13.9. The third-order valence-corrected chi connectivity index (χ3v) is 5.09. The molecule has 152 valence electrons. The molecule has 1 heterocycles. The first-order valence-corrected chi connectivity index (χ1v) is 9.89. The maximum atomic E-state index is 10.5. The van der Waals surface area contributed by atoms with Crippen molar-refractivity contribution in [2.24, 2.45) is 0 Å². The summed E-state index contributed by atoms with van der Waals surface area (Å²) >= 11 is 0. The number of aromatic nitrogens is 2. The minimum Gasteiger partial charge on any atom is -0.383 e. The Bertz CT molecular complexity index is 983. The van der Waals surface area contributed by atoms with E-state index in [1.807, 2.05) is 25.1 Å². The Morgan fingerprint density at radius 2 is 1.52 bits per heavy atom. The molecule has 0 radical (unpaired) electrons. The van der Waals surface area contributed by atoms with Gasteiger partial charge in [0.1, 0.15) is 12.1 Å². The van der Waals surface area contributed by atoms with Gasteiger partial charge in [0.2, 0.25) is 5.95 Å². The lowest BCUT2D eigenvalue weighted by Crippen LogP contribution is -2.05. The smallest absolute Gasteiger partial charge is 0.221 e. The van der Waals surface area contributed by atoms with Gasteiger partial charge in [-0.2, -0.15) is 4.98 Å². The predicted molar refractivity (Wildman–Crippen MR) is 120 cm³/mol. The van der Waals surface area contributed by atoms with E-state index in [0.29, 0.717) is 5.82 Å². The Balaban J connectivity index is 0.000000234. The number of nitrogen functional groups attached to an aromatic ring is 2. The minimum atomic E-state index is 0.219. The van der Waals surface area contributed by atoms with Crippen molar-refractivity contribution >= 4 is 18.1 Å². The SMILES string of the molecule is CCc1c(C)cccc1C=O.CCc1c(C)cccc1Cc1cnc(N)nc1N. The highest BCUT2D eigenvalue weighted by Gasteiger charge is 2.08. The van der Waals surface area contributed by atoms with E-state index in [1.54, 1.807) is 6.20 Å². The average Bonchev–Trinajstić information content (AvgIpc) is 2.70. The van der Waals surface area contributed by atoms with Gasteiger partial charge in [-0.1, -0.05) is 50.2 Å². The number of carbonyl (C=O) groups is 1. The van der Waals surface area contributed by atoms with Crippen LogP contribution >= 0.6 is 0 Å². The molecule has 0 amide bonds. The molecule has 0 saturated heterocycles. The van der Waals surface area contributed by atoms with Crippen LogP contribution in [0.2, 0.25) is 0 Å². The number of carbonyl (C=O) groups excluding carboxylic acids is 1. The summed E-state index contributed by atoms with van der Waals surface area (Å²) in [7, 11) is 0. The summed E-state index contributed by atoms with van der Waals surface area (Å²) in [4.78, 5) is 18.5. The van der Waals surface area contributed by atoms with E-state index in [2.05, 4.69) is 48.9 Å². The first-order valence-electron chi connectivity index (χ1n) is 9.89. The van der Waals surface area contributed by atoms with Crippen LogP contribution in [0.15, 0.2) is 42.6 Å². The predicted octanol–water partition coefficient (Wildman–Crippen LogP) is 4.47. The van der Waals surface area contributed by atoms with Crippen LogP contribution in [0.25, 0.3) is 0 Å². The summed E-state index contributed by atoms with van der Waals surface area (Å²) in [5.74, 6) is 0.683. The fourth-order valence-corrected chi connectivity index (χ4v) is 3.53. The van der Waals surface area contributed by atoms with E-state index in [1.165, 1.54) is 27.8 Å². The maximum absolute atomic E-state index is 10.5. The Labute approximate surface area is 173 Å². The zero-order valence-electron chi connectivity index (χ0n) is 17.7. The van der Waals surface area contributed by atoms with Gasteiger partial charge in [0.25, 0.3) is 0 Å². The van der Waals surface area contributed by atoms with E-state index in [-0.39, 0.29) is 5.95 Å². The Hall–Kier alpha value is -3.21. The average molecular weight is 391 g/mol. The number of benzene rings is 2. The van der Waals surface area contributed by atoms with Crippen molar-refractivity contribution in [1.82, 2.24) is 9.97 Å². The molecule has 3 aromatic rings. The van der Waals surface area contributed by atoms with Crippen molar-refractivity contribution in [2.45, 2.75) is 47.0 Å². The second-order valence-corrected chi connectivity index (χ2v) is 7.00. The van der Waals surface area contributed by atoms with Gasteiger partial charge in [-0.05, 0) is 54.5 Å². The molecule has 3 rings (SSSR count). The van der Waals surface area contributed by atoms with Crippen LogP contribution in [-0.2, 0) is 19.3 Å². The largest absolute Gasteiger partial charge is 0.383 e. The topological polar surface area (TPSA) is 94.9 Å². The van der Waals surface area contributed by atoms with Crippen LogP contribution in [0.3, 0.4) is 0 Å². The highest BCUT2D eigenvalue weighted by atomic mass is 16.1. The van der Waals surface area contributed by atoms with Crippen LogP contribution < -0.4 is 11.5 Å². The van der Waals surface area contributed by atoms with E-state index < -0.39 is 0 Å². The van der Waals surface area contributed by atoms with Gasteiger partial charge < -0.3 is 11.5 Å². The molecule has 0 atom stereocenters. The zero-order chi connectivity index (χ0) is 21.4. The number of nitrogens with zero attached hydrogens (tertiary/aromatic N) is 2. The van der Waals surface area contributed by atoms with Crippen LogP contribution in [0.4, 0.5) is 11.8 Å². The third kappa shape index (κ3) is 5.64. The van der Waals surface area contributed by atoms with Gasteiger partial charge in [0, 0.05) is 23.7 Å². The highest BCUT2D eigenvalue weighted by molar-refractivity contribution is 5.77. The number of rotatable bonds is 5. The second-order valence-electron chi connectivity index (χ2n) is 7.00. The molecule has 1 aromatic heterocycles. The maximum Gasteiger partial charge on any atom is 0.221 e. The van der Waals surface area contributed by atoms with Gasteiger partial charge in [0.05, 0.1) is 0 Å². The first kappa shape index (κ1) is 22.1. The van der Waals surface area contributed by atoms with E-state index in [4.69, 9.17) is 11.5 Å². The zero-order valence-corrected chi connectivity index (χ0v) is 17.7. The van der Waals surface area contributed by atoms with Crippen LogP contribution in [0.5, 0.6) is 0 Å². The van der Waals surface area contributed by atoms with Gasteiger partial charge in [-0.25, -0.2) is 4.98 Å². The molecule has 0 spiro atoms. The number of aryl methyl sites for hydroxylation is 2. The monoisotopic (exact) mass is 390 g/mol. The molecular weight excluding hydrogens is 360 g/mol. The number of aldehydes is 1. The Morgan fingerprint density at radius 1 is 0.897 bits per heavy atom. The number of hydrogen-bond donors (Lipinski definition) is 2. The van der Waals surface area contributed by atoms with Gasteiger partial charge in [-0.15, -0.1) is 0 Å². The molecule has 0 fully saturated rings. The van der Waals surface area contributed by atoms with Crippen molar-refractivity contribution in [2.75, 3.05) is 11.5 Å². The highest BCUT2D eigenvalue weighted by Crippen LogP contribution is 2.20. The summed E-state index contributed by atoms with van der Waals surface area (Å²) in [6.45, 7) is 8.39. The minimum absolute atomic E-state index is 0.219. The number of anilines is 2. The molecule has 29 heavy (non-hydrogen) atoms. The lowest BCUT2D eigenvalue weighted by atomic mass is 9.95. The summed E-state index contributed by atoms with van der Waals surface area (Å²) < 4.78 is 0. The molecule has 4 N–H and O–H groups in total. The molecule has 0 saturated carbocycles. The Kier molecular flexibility index (Phi) is 7.89. The van der Waals surface area contributed by atoms with Crippen LogP contribution in [0.1, 0.15) is 57.6 Å². The number of hydrogen-bond acceptors (Lipinski definition) is 5. The summed E-state index contributed by atoms with van der Waals surface area (Å²) in [5.41, 5.74) is 19.4. The van der Waals surface area contributed by atoms with E-state index in [9.17, 15) is 4.79 Å². The fourth-order valence-electron chi connectivity index (χ4n) is 3.53. The third-order valence-electron chi connectivity index (χ3n) is 5.09. The lowest BCUT2D eigenvalue weighted by molar-refractivity contribution is 0.112.